The number of ether oxygens (including phenoxy) is 4. The smallest absolute Gasteiger partial charge is 0.229 e. The van der Waals surface area contributed by atoms with E-state index in [9.17, 15) is 25.5 Å². The van der Waals surface area contributed by atoms with Crippen molar-refractivity contribution in [1.82, 2.24) is 0 Å². The van der Waals surface area contributed by atoms with Crippen LogP contribution in [0.15, 0.2) is 46.9 Å². The lowest BCUT2D eigenvalue weighted by Gasteiger charge is -2.17. The first-order valence-corrected chi connectivity index (χ1v) is 10.8. The summed E-state index contributed by atoms with van der Waals surface area (Å²) in [5.41, 5.74) is 2.12. The predicted molar refractivity (Wildman–Crippen MR) is 124 cm³/mol. The number of phenolic OH excluding ortho intramolecular Hbond substituents is 2. The van der Waals surface area contributed by atoms with Gasteiger partial charge in [-0.3, -0.25) is 0 Å². The predicted octanol–water partition coefficient (Wildman–Crippen LogP) is 2.50. The zero-order chi connectivity index (χ0) is 24.9. The van der Waals surface area contributed by atoms with Gasteiger partial charge in [-0.05, 0) is 29.8 Å². The molecule has 1 saturated heterocycles. The third-order valence-corrected chi connectivity index (χ3v) is 6.09. The van der Waals surface area contributed by atoms with Crippen molar-refractivity contribution in [2.45, 2.75) is 24.6 Å². The Balaban J connectivity index is 1.65. The summed E-state index contributed by atoms with van der Waals surface area (Å²) in [5.74, 6) is 0.701. The lowest BCUT2D eigenvalue weighted by atomic mass is 10.0. The summed E-state index contributed by atoms with van der Waals surface area (Å²) < 4.78 is 28.4. The maximum Gasteiger partial charge on any atom is 0.229 e. The summed E-state index contributed by atoms with van der Waals surface area (Å²) in [5, 5.41) is 50.8. The molecule has 4 atom stereocenters. The Morgan fingerprint density at radius 1 is 0.914 bits per heavy atom. The Morgan fingerprint density at radius 3 is 2.29 bits per heavy atom. The molecule has 1 aliphatic heterocycles. The monoisotopic (exact) mass is 484 g/mol. The van der Waals surface area contributed by atoms with E-state index in [2.05, 4.69) is 0 Å². The lowest BCUT2D eigenvalue weighted by Crippen LogP contribution is -2.35. The van der Waals surface area contributed by atoms with Gasteiger partial charge in [0.05, 0.1) is 26.2 Å². The fourth-order valence-electron chi connectivity index (χ4n) is 4.31. The molecule has 0 bridgehead atoms. The molecule has 0 saturated carbocycles. The summed E-state index contributed by atoms with van der Waals surface area (Å²) >= 11 is 0. The highest BCUT2D eigenvalue weighted by Gasteiger charge is 2.44. The van der Waals surface area contributed by atoms with Gasteiger partial charge in [-0.2, -0.15) is 0 Å². The van der Waals surface area contributed by atoms with Gasteiger partial charge in [-0.1, -0.05) is 12.1 Å². The van der Waals surface area contributed by atoms with Crippen molar-refractivity contribution in [1.29, 1.82) is 0 Å². The van der Waals surface area contributed by atoms with Gasteiger partial charge in [0, 0.05) is 17.0 Å². The minimum Gasteiger partial charge on any atom is -0.508 e. The summed E-state index contributed by atoms with van der Waals surface area (Å²) in [7, 11) is 3.02. The second-order valence-corrected chi connectivity index (χ2v) is 8.15. The lowest BCUT2D eigenvalue weighted by molar-refractivity contribution is -0.117. The summed E-state index contributed by atoms with van der Waals surface area (Å²) in [6.45, 7) is -0.504. The first-order chi connectivity index (χ1) is 16.9. The number of fused-ring (bicyclic) bond motifs is 3. The van der Waals surface area contributed by atoms with Crippen LogP contribution in [-0.4, -0.2) is 71.0 Å². The van der Waals surface area contributed by atoms with E-state index in [4.69, 9.17) is 23.4 Å². The highest BCUT2D eigenvalue weighted by molar-refractivity contribution is 6.13. The van der Waals surface area contributed by atoms with Crippen molar-refractivity contribution in [3.63, 3.8) is 0 Å². The number of benzene rings is 3. The summed E-state index contributed by atoms with van der Waals surface area (Å²) in [6.07, 6.45) is -5.08. The third-order valence-electron chi connectivity index (χ3n) is 6.09. The van der Waals surface area contributed by atoms with Gasteiger partial charge in [0.1, 0.15) is 35.4 Å². The largest absolute Gasteiger partial charge is 0.508 e. The Bertz CT molecular complexity index is 1380. The maximum atomic E-state index is 10.6. The molecular weight excluding hydrogens is 460 g/mol. The number of methoxy groups -OCH3 is 2. The van der Waals surface area contributed by atoms with Gasteiger partial charge in [0.25, 0.3) is 0 Å². The molecule has 2 heterocycles. The Morgan fingerprint density at radius 2 is 1.66 bits per heavy atom. The zero-order valence-electron chi connectivity index (χ0n) is 18.8. The standard InChI is InChI=1S/C25H24O10/c1-31-18-7-13(11-3-5-12(27)6-4-11)23(32-2)24-20(18)14-8-17(15(28)9-16(14)33-24)34-25-22(30)21(29)19(10-26)35-25/h3-9,19,21-22,25-30H,10H2,1-2H3. The van der Waals surface area contributed by atoms with Gasteiger partial charge in [-0.25, -0.2) is 0 Å². The summed E-state index contributed by atoms with van der Waals surface area (Å²) in [4.78, 5) is 0. The van der Waals surface area contributed by atoms with Crippen molar-refractivity contribution < 1.29 is 48.9 Å². The first-order valence-electron chi connectivity index (χ1n) is 10.8. The van der Waals surface area contributed by atoms with Crippen LogP contribution in [0.3, 0.4) is 0 Å². The van der Waals surface area contributed by atoms with Crippen molar-refractivity contribution >= 4 is 21.9 Å². The van der Waals surface area contributed by atoms with Gasteiger partial charge in [0.2, 0.25) is 6.29 Å². The normalized spacial score (nSPS) is 22.1. The van der Waals surface area contributed by atoms with Crippen LogP contribution in [0.25, 0.3) is 33.1 Å². The number of hydrogen-bond acceptors (Lipinski definition) is 10. The fourth-order valence-corrected chi connectivity index (χ4v) is 4.31. The van der Waals surface area contributed by atoms with E-state index in [1.54, 1.807) is 30.3 Å². The van der Waals surface area contributed by atoms with E-state index < -0.39 is 31.2 Å². The van der Waals surface area contributed by atoms with Crippen LogP contribution in [0.4, 0.5) is 0 Å². The number of aliphatic hydroxyl groups excluding tert-OH is 3. The van der Waals surface area contributed by atoms with Crippen LogP contribution >= 0.6 is 0 Å². The van der Waals surface area contributed by atoms with Gasteiger partial charge in [-0.15, -0.1) is 0 Å². The van der Waals surface area contributed by atoms with Crippen LogP contribution in [0, 0.1) is 0 Å². The number of furan rings is 1. The first kappa shape index (κ1) is 23.1. The molecular formula is C25H24O10. The summed E-state index contributed by atoms with van der Waals surface area (Å²) in [6, 6.07) is 11.2. The number of rotatable bonds is 6. The molecule has 1 aromatic heterocycles. The molecule has 4 aromatic rings. The Labute approximate surface area is 199 Å². The SMILES string of the molecule is COc1c(-c2ccc(O)cc2)cc(OC)c2c1oc1cc(O)c(OC3OC(CO)C(O)C3O)cc12. The molecule has 0 aliphatic carbocycles. The van der Waals surface area contributed by atoms with Crippen molar-refractivity contribution in [2.75, 3.05) is 20.8 Å². The third kappa shape index (κ3) is 3.76. The average Bonchev–Trinajstić information content (AvgIpc) is 3.35. The maximum absolute atomic E-state index is 10.6. The van der Waals surface area contributed by atoms with Crippen molar-refractivity contribution in [3.05, 3.63) is 42.5 Å². The number of aromatic hydroxyl groups is 2. The van der Waals surface area contributed by atoms with E-state index >= 15 is 0 Å². The quantitative estimate of drug-likeness (QED) is 0.276. The molecule has 4 unspecified atom stereocenters. The molecule has 3 aromatic carbocycles. The van der Waals surface area contributed by atoms with E-state index in [-0.39, 0.29) is 17.2 Å². The molecule has 0 spiro atoms. The zero-order valence-corrected chi connectivity index (χ0v) is 18.8. The molecule has 1 aliphatic rings. The van der Waals surface area contributed by atoms with Crippen LogP contribution in [0.5, 0.6) is 28.7 Å². The Kier molecular flexibility index (Phi) is 5.81. The van der Waals surface area contributed by atoms with Crippen LogP contribution < -0.4 is 14.2 Å². The number of aliphatic hydroxyl groups is 3. The van der Waals surface area contributed by atoms with Crippen LogP contribution in [0.2, 0.25) is 0 Å². The van der Waals surface area contributed by atoms with E-state index in [1.807, 2.05) is 0 Å². The molecule has 10 heteroatoms. The highest BCUT2D eigenvalue weighted by atomic mass is 16.7. The Hall–Kier alpha value is -3.70. The van der Waals surface area contributed by atoms with E-state index in [0.717, 1.165) is 5.56 Å². The molecule has 5 rings (SSSR count). The second kappa shape index (κ2) is 8.82. The topological polar surface area (TPSA) is 151 Å². The van der Waals surface area contributed by atoms with Crippen LogP contribution in [0.1, 0.15) is 0 Å². The molecule has 5 N–H and O–H groups in total. The molecule has 0 radical (unpaired) electrons. The molecule has 10 nitrogen and oxygen atoms in total. The van der Waals surface area contributed by atoms with Gasteiger partial charge >= 0.3 is 0 Å². The van der Waals surface area contributed by atoms with Crippen molar-refractivity contribution in [3.8, 4) is 39.9 Å². The minimum absolute atomic E-state index is 0.0290. The van der Waals surface area contributed by atoms with E-state index in [1.165, 1.54) is 26.4 Å². The second-order valence-electron chi connectivity index (χ2n) is 8.15. The number of hydrogen-bond donors (Lipinski definition) is 5. The van der Waals surface area contributed by atoms with Gasteiger partial charge < -0.3 is 48.9 Å². The molecule has 184 valence electrons. The molecule has 0 amide bonds. The van der Waals surface area contributed by atoms with E-state index in [0.29, 0.717) is 39.0 Å². The molecule has 35 heavy (non-hydrogen) atoms. The van der Waals surface area contributed by atoms with Gasteiger partial charge in [0.15, 0.2) is 22.8 Å². The fraction of sp³-hybridized carbons (Fsp3) is 0.280. The average molecular weight is 484 g/mol. The minimum atomic E-state index is -1.43. The highest BCUT2D eigenvalue weighted by Crippen LogP contribution is 2.48. The molecule has 1 fully saturated rings. The number of phenols is 2. The van der Waals surface area contributed by atoms with Crippen molar-refractivity contribution in [2.24, 2.45) is 0 Å². The van der Waals surface area contributed by atoms with Crippen LogP contribution in [-0.2, 0) is 4.74 Å².